The zero-order valence-electron chi connectivity index (χ0n) is 18.8. The highest BCUT2D eigenvalue weighted by Crippen LogP contribution is 2.42. The number of likely N-dealkylation sites (tertiary alicyclic amines) is 1. The van der Waals surface area contributed by atoms with Crippen LogP contribution in [-0.4, -0.2) is 46.2 Å². The Balaban J connectivity index is 1.39. The number of aromatic nitrogens is 2. The van der Waals surface area contributed by atoms with Crippen molar-refractivity contribution in [1.82, 2.24) is 14.5 Å². The second-order valence-electron chi connectivity index (χ2n) is 8.70. The van der Waals surface area contributed by atoms with E-state index in [0.29, 0.717) is 24.4 Å². The largest absolute Gasteiger partial charge is 0.497 e. The first-order valence-corrected chi connectivity index (χ1v) is 11.2. The summed E-state index contributed by atoms with van der Waals surface area (Å²) >= 11 is 0. The van der Waals surface area contributed by atoms with Crippen molar-refractivity contribution in [2.24, 2.45) is 0 Å². The Morgan fingerprint density at radius 3 is 2.59 bits per heavy atom. The van der Waals surface area contributed by atoms with E-state index in [1.807, 2.05) is 30.2 Å². The number of fused-ring (bicyclic) bond motifs is 1. The zero-order chi connectivity index (χ0) is 22.3. The van der Waals surface area contributed by atoms with Crippen LogP contribution in [0.1, 0.15) is 54.2 Å². The van der Waals surface area contributed by atoms with Crippen molar-refractivity contribution in [3.8, 4) is 17.0 Å². The third-order valence-electron chi connectivity index (χ3n) is 6.82. The molecule has 7 heteroatoms. The molecule has 3 aromatic rings. The summed E-state index contributed by atoms with van der Waals surface area (Å²) in [6.07, 6.45) is 5.93. The summed E-state index contributed by atoms with van der Waals surface area (Å²) in [5, 5.41) is 0. The van der Waals surface area contributed by atoms with Crippen LogP contribution < -0.4 is 4.74 Å². The zero-order valence-corrected chi connectivity index (χ0v) is 18.8. The van der Waals surface area contributed by atoms with Gasteiger partial charge in [-0.25, -0.2) is 4.98 Å². The number of aryl methyl sites for hydroxylation is 1. The summed E-state index contributed by atoms with van der Waals surface area (Å²) < 4.78 is 19.6. The number of methoxy groups -OCH3 is 1. The Labute approximate surface area is 187 Å². The lowest BCUT2D eigenvalue weighted by molar-refractivity contribution is -0.152. The number of carbonyl (C=O) groups excluding carboxylic acids is 1. The van der Waals surface area contributed by atoms with Crippen LogP contribution in [0, 0.1) is 6.92 Å². The molecule has 168 valence electrons. The molecule has 0 radical (unpaired) electrons. The quantitative estimate of drug-likeness (QED) is 0.598. The number of benzene rings is 1. The number of ether oxygens (including phenoxy) is 2. The highest BCUT2D eigenvalue weighted by Gasteiger charge is 2.44. The summed E-state index contributed by atoms with van der Waals surface area (Å²) in [4.78, 5) is 19.6. The van der Waals surface area contributed by atoms with Gasteiger partial charge in [-0.1, -0.05) is 6.92 Å². The Hall–Kier alpha value is -3.06. The highest BCUT2D eigenvalue weighted by atomic mass is 16.5. The highest BCUT2D eigenvalue weighted by molar-refractivity contribution is 5.95. The predicted octanol–water partition coefficient (Wildman–Crippen LogP) is 4.62. The number of piperidine rings is 1. The van der Waals surface area contributed by atoms with Gasteiger partial charge in [0.05, 0.1) is 43.0 Å². The maximum atomic E-state index is 12.9. The maximum Gasteiger partial charge on any atom is 0.257 e. The molecule has 1 atom stereocenters. The molecular weight excluding hydrogens is 406 g/mol. The van der Waals surface area contributed by atoms with E-state index in [1.54, 1.807) is 19.4 Å². The van der Waals surface area contributed by atoms with E-state index >= 15 is 0 Å². The van der Waals surface area contributed by atoms with Gasteiger partial charge in [0.2, 0.25) is 0 Å². The monoisotopic (exact) mass is 435 g/mol. The van der Waals surface area contributed by atoms with Gasteiger partial charge >= 0.3 is 0 Å². The number of hydrogen-bond donors (Lipinski definition) is 0. The fourth-order valence-corrected chi connectivity index (χ4v) is 4.92. The lowest BCUT2D eigenvalue weighted by atomic mass is 9.88. The predicted molar refractivity (Wildman–Crippen MR) is 120 cm³/mol. The van der Waals surface area contributed by atoms with Crippen LogP contribution in [0.3, 0.4) is 0 Å². The van der Waals surface area contributed by atoms with Crippen LogP contribution in [0.4, 0.5) is 0 Å². The summed E-state index contributed by atoms with van der Waals surface area (Å²) in [5.74, 6) is 2.53. The molecule has 0 unspecified atom stereocenters. The van der Waals surface area contributed by atoms with E-state index in [1.165, 1.54) is 0 Å². The van der Waals surface area contributed by atoms with Gasteiger partial charge in [0.1, 0.15) is 23.4 Å². The molecule has 2 aliphatic heterocycles. The van der Waals surface area contributed by atoms with Crippen LogP contribution in [-0.2, 0) is 11.3 Å². The first-order chi connectivity index (χ1) is 15.5. The molecule has 32 heavy (non-hydrogen) atoms. The number of nitrogens with zero attached hydrogens (tertiary/aromatic N) is 3. The van der Waals surface area contributed by atoms with Gasteiger partial charge in [-0.2, -0.15) is 0 Å². The molecule has 1 spiro atoms. The van der Waals surface area contributed by atoms with Gasteiger partial charge in [-0.15, -0.1) is 0 Å². The third-order valence-corrected chi connectivity index (χ3v) is 6.82. The van der Waals surface area contributed by atoms with Gasteiger partial charge < -0.3 is 23.4 Å². The SMILES string of the molecule is CC[C@@H]1OC2(CCN(C(=O)c3ccoc3C)CC2)Cn2c(-c3ccc(OC)cc3)cnc21. The average molecular weight is 436 g/mol. The molecule has 2 aromatic heterocycles. The minimum absolute atomic E-state index is 0.0381. The molecule has 0 N–H and O–H groups in total. The smallest absolute Gasteiger partial charge is 0.257 e. The number of hydrogen-bond acceptors (Lipinski definition) is 5. The minimum atomic E-state index is -0.294. The molecule has 2 aliphatic rings. The molecule has 1 aromatic carbocycles. The third kappa shape index (κ3) is 3.50. The van der Waals surface area contributed by atoms with Gasteiger partial charge in [0.25, 0.3) is 5.91 Å². The number of furan rings is 1. The molecule has 7 nitrogen and oxygen atoms in total. The van der Waals surface area contributed by atoms with Crippen molar-refractivity contribution in [2.45, 2.75) is 51.4 Å². The van der Waals surface area contributed by atoms with Gasteiger partial charge in [0, 0.05) is 18.7 Å². The van der Waals surface area contributed by atoms with E-state index in [4.69, 9.17) is 18.9 Å². The second kappa shape index (κ2) is 8.13. The molecule has 0 bridgehead atoms. The molecule has 1 saturated heterocycles. The van der Waals surface area contributed by atoms with Crippen LogP contribution in [0.5, 0.6) is 5.75 Å². The Bertz CT molecular complexity index is 1110. The Kier molecular flexibility index (Phi) is 5.29. The number of amides is 1. The molecule has 0 saturated carbocycles. The van der Waals surface area contributed by atoms with Crippen molar-refractivity contribution in [1.29, 1.82) is 0 Å². The molecule has 4 heterocycles. The van der Waals surface area contributed by atoms with E-state index in [0.717, 1.165) is 48.6 Å². The minimum Gasteiger partial charge on any atom is -0.497 e. The lowest BCUT2D eigenvalue weighted by Gasteiger charge is -2.46. The maximum absolute atomic E-state index is 12.9. The van der Waals surface area contributed by atoms with Gasteiger partial charge in [-0.05, 0) is 56.5 Å². The fraction of sp³-hybridized carbons (Fsp3) is 0.440. The fourth-order valence-electron chi connectivity index (χ4n) is 4.92. The van der Waals surface area contributed by atoms with Crippen molar-refractivity contribution < 1.29 is 18.7 Å². The molecule has 1 amide bonds. The molecular formula is C25H29N3O4. The molecule has 5 rings (SSSR count). The number of rotatable bonds is 4. The topological polar surface area (TPSA) is 69.7 Å². The summed E-state index contributed by atoms with van der Waals surface area (Å²) in [6.45, 7) is 6.04. The van der Waals surface area contributed by atoms with E-state index in [-0.39, 0.29) is 17.6 Å². The lowest BCUT2D eigenvalue weighted by Crippen LogP contribution is -2.52. The van der Waals surface area contributed by atoms with Crippen LogP contribution in [0.25, 0.3) is 11.3 Å². The number of imidazole rings is 1. The van der Waals surface area contributed by atoms with Gasteiger partial charge in [-0.3, -0.25) is 4.79 Å². The molecule has 0 aliphatic carbocycles. The van der Waals surface area contributed by atoms with Crippen molar-refractivity contribution in [3.05, 3.63) is 59.9 Å². The van der Waals surface area contributed by atoms with E-state index in [2.05, 4.69) is 23.6 Å². The summed E-state index contributed by atoms with van der Waals surface area (Å²) in [7, 11) is 1.67. The summed E-state index contributed by atoms with van der Waals surface area (Å²) in [6, 6.07) is 9.85. The van der Waals surface area contributed by atoms with Gasteiger partial charge in [0.15, 0.2) is 0 Å². The average Bonchev–Trinajstić information content (AvgIpc) is 3.44. The number of carbonyl (C=O) groups is 1. The van der Waals surface area contributed by atoms with Crippen molar-refractivity contribution in [2.75, 3.05) is 20.2 Å². The van der Waals surface area contributed by atoms with Crippen molar-refractivity contribution >= 4 is 5.91 Å². The van der Waals surface area contributed by atoms with Crippen LogP contribution in [0.15, 0.2) is 47.2 Å². The first kappa shape index (κ1) is 20.8. The first-order valence-electron chi connectivity index (χ1n) is 11.2. The molecule has 1 fully saturated rings. The van der Waals surface area contributed by atoms with Crippen molar-refractivity contribution in [3.63, 3.8) is 0 Å². The van der Waals surface area contributed by atoms with E-state index < -0.39 is 0 Å². The Morgan fingerprint density at radius 2 is 1.97 bits per heavy atom. The standard InChI is InChI=1S/C25H29N3O4/c1-4-22-23-26-15-21(18-5-7-19(30-3)8-6-18)28(23)16-25(32-22)10-12-27(13-11-25)24(29)20-9-14-31-17(20)2/h5-9,14-15,22H,4,10-13,16H2,1-3H3/t22-/m0/s1. The second-order valence-corrected chi connectivity index (χ2v) is 8.70. The van der Waals surface area contributed by atoms with E-state index in [9.17, 15) is 4.79 Å². The van der Waals surface area contributed by atoms with Crippen LogP contribution >= 0.6 is 0 Å². The Morgan fingerprint density at radius 1 is 1.22 bits per heavy atom. The normalized spacial score (nSPS) is 19.7. The van der Waals surface area contributed by atoms with Crippen LogP contribution in [0.2, 0.25) is 0 Å². The summed E-state index contributed by atoms with van der Waals surface area (Å²) in [5.41, 5.74) is 2.56.